The molecule has 8 heteroatoms. The third-order valence-electron chi connectivity index (χ3n) is 5.68. The molecule has 1 heterocycles. The van der Waals surface area contributed by atoms with Crippen LogP contribution >= 0.6 is 23.2 Å². The minimum atomic E-state index is -0.942. The van der Waals surface area contributed by atoms with E-state index >= 15 is 0 Å². The molecule has 3 atom stereocenters. The Balaban J connectivity index is 2.18. The van der Waals surface area contributed by atoms with Gasteiger partial charge >= 0.3 is 11.9 Å². The van der Waals surface area contributed by atoms with Crippen molar-refractivity contribution >= 4 is 40.9 Å². The maximum absolute atomic E-state index is 13.6. The van der Waals surface area contributed by atoms with E-state index in [1.807, 2.05) is 13.8 Å². The normalized spacial score (nSPS) is 23.3. The zero-order chi connectivity index (χ0) is 22.9. The van der Waals surface area contributed by atoms with Gasteiger partial charge in [-0.05, 0) is 43.4 Å². The highest BCUT2D eigenvalue weighted by Crippen LogP contribution is 2.46. The first-order valence-corrected chi connectivity index (χ1v) is 10.9. The van der Waals surface area contributed by atoms with Gasteiger partial charge in [0, 0.05) is 22.9 Å². The van der Waals surface area contributed by atoms with E-state index in [1.165, 1.54) is 7.11 Å². The second kappa shape index (κ2) is 9.45. The summed E-state index contributed by atoms with van der Waals surface area (Å²) in [5, 5.41) is 3.88. The lowest BCUT2D eigenvalue weighted by atomic mass is 9.69. The molecule has 0 saturated carbocycles. The second-order valence-electron chi connectivity index (χ2n) is 7.84. The van der Waals surface area contributed by atoms with Crippen LogP contribution in [0.1, 0.15) is 45.1 Å². The fourth-order valence-corrected chi connectivity index (χ4v) is 4.56. The Hall–Kier alpha value is -2.31. The third kappa shape index (κ3) is 4.37. The quantitative estimate of drug-likeness (QED) is 0.506. The highest BCUT2D eigenvalue weighted by Gasteiger charge is 2.47. The number of hydrogen-bond donors (Lipinski definition) is 1. The summed E-state index contributed by atoms with van der Waals surface area (Å²) in [5.41, 5.74) is 2.60. The fraction of sp³-hybridized carbons (Fsp3) is 0.435. The smallest absolute Gasteiger partial charge is 0.336 e. The highest BCUT2D eigenvalue weighted by molar-refractivity contribution is 6.42. The van der Waals surface area contributed by atoms with E-state index in [4.69, 9.17) is 32.7 Å². The van der Waals surface area contributed by atoms with Crippen molar-refractivity contribution in [1.82, 2.24) is 5.32 Å². The first kappa shape index (κ1) is 23.4. The standard InChI is InChI=1S/C23H25Cl2NO5/c1-5-8-31-23(29)18-12(3)26-16-9-11(2)17(22(28)30-4)21(27)20(16)19(18)13-6-7-14(24)15(25)10-13/h6-7,10-11,17,19,26H,5,8-9H2,1-4H3/t11-,17+,19+/m0/s1. The van der Waals surface area contributed by atoms with Gasteiger partial charge in [-0.1, -0.05) is 43.1 Å². The molecule has 0 aromatic heterocycles. The van der Waals surface area contributed by atoms with Crippen LogP contribution in [0.5, 0.6) is 0 Å². The van der Waals surface area contributed by atoms with Crippen LogP contribution in [-0.4, -0.2) is 31.4 Å². The van der Waals surface area contributed by atoms with Crippen molar-refractivity contribution in [3.8, 4) is 0 Å². The summed E-state index contributed by atoms with van der Waals surface area (Å²) in [7, 11) is 1.26. The van der Waals surface area contributed by atoms with Gasteiger partial charge in [-0.2, -0.15) is 0 Å². The molecule has 0 amide bonds. The molecule has 0 bridgehead atoms. The predicted octanol–water partition coefficient (Wildman–Crippen LogP) is 4.56. The number of allylic oxidation sites excluding steroid dienone is 3. The lowest BCUT2D eigenvalue weighted by Crippen LogP contribution is -2.43. The molecule has 31 heavy (non-hydrogen) atoms. The molecule has 0 fully saturated rings. The number of ketones is 1. The van der Waals surface area contributed by atoms with Crippen LogP contribution in [0.25, 0.3) is 0 Å². The van der Waals surface area contributed by atoms with Crippen LogP contribution in [0, 0.1) is 11.8 Å². The molecule has 0 spiro atoms. The van der Waals surface area contributed by atoms with E-state index < -0.39 is 23.8 Å². The molecule has 1 aromatic carbocycles. The lowest BCUT2D eigenvalue weighted by Gasteiger charge is -2.38. The topological polar surface area (TPSA) is 81.7 Å². The SMILES string of the molecule is CCCOC(=O)C1=C(C)NC2=C(C(=O)[C@H](C(=O)OC)[C@@H](C)C2)[C@@H]1c1ccc(Cl)c(Cl)c1. The minimum absolute atomic E-state index is 0.248. The maximum atomic E-state index is 13.6. The first-order chi connectivity index (χ1) is 14.7. The zero-order valence-electron chi connectivity index (χ0n) is 17.9. The molecule has 0 saturated heterocycles. The van der Waals surface area contributed by atoms with Crippen molar-refractivity contribution in [2.75, 3.05) is 13.7 Å². The summed E-state index contributed by atoms with van der Waals surface area (Å²) in [6.07, 6.45) is 1.13. The molecule has 1 aliphatic carbocycles. The van der Waals surface area contributed by atoms with E-state index in [1.54, 1.807) is 25.1 Å². The van der Waals surface area contributed by atoms with E-state index in [0.717, 1.165) is 0 Å². The number of ether oxygens (including phenoxy) is 2. The third-order valence-corrected chi connectivity index (χ3v) is 6.42. The Labute approximate surface area is 191 Å². The maximum Gasteiger partial charge on any atom is 0.336 e. The number of rotatable bonds is 5. The molecule has 1 aliphatic heterocycles. The van der Waals surface area contributed by atoms with Crippen molar-refractivity contribution < 1.29 is 23.9 Å². The Morgan fingerprint density at radius 3 is 2.55 bits per heavy atom. The van der Waals surface area contributed by atoms with Crippen LogP contribution in [0.3, 0.4) is 0 Å². The first-order valence-electron chi connectivity index (χ1n) is 10.2. The summed E-state index contributed by atoms with van der Waals surface area (Å²) in [6.45, 7) is 5.77. The van der Waals surface area contributed by atoms with Crippen LogP contribution in [-0.2, 0) is 23.9 Å². The summed E-state index contributed by atoms with van der Waals surface area (Å²) in [4.78, 5) is 39.0. The summed E-state index contributed by atoms with van der Waals surface area (Å²) in [5.74, 6) is -3.39. The number of carbonyl (C=O) groups excluding carboxylic acids is 3. The van der Waals surface area contributed by atoms with Gasteiger partial charge in [0.2, 0.25) is 0 Å². The zero-order valence-corrected chi connectivity index (χ0v) is 19.4. The average Bonchev–Trinajstić information content (AvgIpc) is 2.72. The van der Waals surface area contributed by atoms with E-state index in [0.29, 0.717) is 51.0 Å². The van der Waals surface area contributed by atoms with Crippen molar-refractivity contribution in [1.29, 1.82) is 0 Å². The number of halogens is 2. The van der Waals surface area contributed by atoms with Crippen LogP contribution in [0.15, 0.2) is 40.7 Å². The Kier molecular flexibility index (Phi) is 7.12. The molecule has 0 radical (unpaired) electrons. The van der Waals surface area contributed by atoms with Gasteiger partial charge in [0.1, 0.15) is 5.92 Å². The van der Waals surface area contributed by atoms with Gasteiger partial charge in [0.15, 0.2) is 5.78 Å². The molecule has 2 aliphatic rings. The van der Waals surface area contributed by atoms with Crippen molar-refractivity contribution in [2.45, 2.75) is 39.5 Å². The molecular weight excluding hydrogens is 441 g/mol. The van der Waals surface area contributed by atoms with Gasteiger partial charge in [-0.3, -0.25) is 9.59 Å². The summed E-state index contributed by atoms with van der Waals surface area (Å²) >= 11 is 12.4. The number of hydrogen-bond acceptors (Lipinski definition) is 6. The number of Topliss-reactive ketones (excluding diaryl/α,β-unsaturated/α-hetero) is 1. The van der Waals surface area contributed by atoms with Crippen molar-refractivity contribution in [3.63, 3.8) is 0 Å². The molecule has 1 aromatic rings. The van der Waals surface area contributed by atoms with Gasteiger partial charge in [0.05, 0.1) is 29.3 Å². The van der Waals surface area contributed by atoms with Crippen LogP contribution < -0.4 is 5.32 Å². The number of methoxy groups -OCH3 is 1. The number of esters is 2. The van der Waals surface area contributed by atoms with Gasteiger partial charge in [-0.25, -0.2) is 4.79 Å². The fourth-order valence-electron chi connectivity index (χ4n) is 4.25. The Morgan fingerprint density at radius 2 is 1.94 bits per heavy atom. The van der Waals surface area contributed by atoms with E-state index in [9.17, 15) is 14.4 Å². The number of benzene rings is 1. The number of nitrogens with one attached hydrogen (secondary N) is 1. The van der Waals surface area contributed by atoms with E-state index in [-0.39, 0.29) is 18.3 Å². The van der Waals surface area contributed by atoms with Gasteiger partial charge in [-0.15, -0.1) is 0 Å². The predicted molar refractivity (Wildman–Crippen MR) is 118 cm³/mol. The lowest BCUT2D eigenvalue weighted by molar-refractivity contribution is -0.151. The molecule has 1 N–H and O–H groups in total. The monoisotopic (exact) mass is 465 g/mol. The Morgan fingerprint density at radius 1 is 1.23 bits per heavy atom. The van der Waals surface area contributed by atoms with Gasteiger partial charge < -0.3 is 14.8 Å². The highest BCUT2D eigenvalue weighted by atomic mass is 35.5. The van der Waals surface area contributed by atoms with Crippen molar-refractivity contribution in [3.05, 3.63) is 56.3 Å². The summed E-state index contributed by atoms with van der Waals surface area (Å²) < 4.78 is 10.3. The van der Waals surface area contributed by atoms with Gasteiger partial charge in [0.25, 0.3) is 0 Å². The number of dihydropyridines is 1. The molecular formula is C23H25Cl2NO5. The van der Waals surface area contributed by atoms with Crippen molar-refractivity contribution in [2.24, 2.45) is 11.8 Å². The van der Waals surface area contributed by atoms with Crippen LogP contribution in [0.2, 0.25) is 10.0 Å². The Bertz CT molecular complexity index is 998. The summed E-state index contributed by atoms with van der Waals surface area (Å²) in [6, 6.07) is 5.00. The van der Waals surface area contributed by atoms with E-state index in [2.05, 4.69) is 5.32 Å². The molecule has 6 nitrogen and oxygen atoms in total. The number of carbonyl (C=O) groups is 3. The molecule has 0 unspecified atom stereocenters. The average molecular weight is 466 g/mol. The van der Waals surface area contributed by atoms with Crippen LogP contribution in [0.4, 0.5) is 0 Å². The largest absolute Gasteiger partial charge is 0.468 e. The molecule has 3 rings (SSSR count). The molecule has 166 valence electrons. The second-order valence-corrected chi connectivity index (χ2v) is 8.66. The minimum Gasteiger partial charge on any atom is -0.468 e.